The Morgan fingerprint density at radius 3 is 2.37 bits per heavy atom. The number of para-hydroxylation sites is 1. The monoisotopic (exact) mass is 443 g/mol. The standard InChI is InChI=1S/C24H23Cl2NO3/c1-4-16(2)29-24-21(26)13-17(14-23(24)28-3)15-27-18-9-11-19(12-10-18)30-22-8-6-5-7-20(22)25/h5-16H,4H2,1-3H3/t16-/m1/s1. The van der Waals surface area contributed by atoms with Crippen LogP contribution in [0.15, 0.2) is 65.7 Å². The van der Waals surface area contributed by atoms with Crippen LogP contribution >= 0.6 is 23.2 Å². The summed E-state index contributed by atoms with van der Waals surface area (Å²) in [5.74, 6) is 2.41. The van der Waals surface area contributed by atoms with E-state index in [4.69, 9.17) is 37.4 Å². The van der Waals surface area contributed by atoms with Crippen molar-refractivity contribution in [2.24, 2.45) is 4.99 Å². The zero-order valence-corrected chi connectivity index (χ0v) is 18.6. The van der Waals surface area contributed by atoms with E-state index in [-0.39, 0.29) is 6.10 Å². The topological polar surface area (TPSA) is 40.0 Å². The third-order valence-corrected chi connectivity index (χ3v) is 5.00. The minimum absolute atomic E-state index is 0.0439. The van der Waals surface area contributed by atoms with Gasteiger partial charge in [0.25, 0.3) is 0 Å². The molecule has 0 N–H and O–H groups in total. The maximum absolute atomic E-state index is 6.41. The van der Waals surface area contributed by atoms with Gasteiger partial charge in [0, 0.05) is 6.21 Å². The Morgan fingerprint density at radius 2 is 1.70 bits per heavy atom. The van der Waals surface area contributed by atoms with Crippen LogP contribution in [0.25, 0.3) is 0 Å². The quantitative estimate of drug-likeness (QED) is 0.334. The van der Waals surface area contributed by atoms with Crippen molar-refractivity contribution in [1.82, 2.24) is 0 Å². The summed E-state index contributed by atoms with van der Waals surface area (Å²) in [7, 11) is 1.59. The molecule has 0 spiro atoms. The van der Waals surface area contributed by atoms with Gasteiger partial charge in [-0.25, -0.2) is 0 Å². The van der Waals surface area contributed by atoms with Crippen molar-refractivity contribution in [2.45, 2.75) is 26.4 Å². The van der Waals surface area contributed by atoms with Crippen molar-refractivity contribution in [3.63, 3.8) is 0 Å². The maximum Gasteiger partial charge on any atom is 0.180 e. The lowest BCUT2D eigenvalue weighted by molar-refractivity contribution is 0.208. The number of aliphatic imine (C=N–C) groups is 1. The normalized spacial score (nSPS) is 12.0. The van der Waals surface area contributed by atoms with Crippen LogP contribution in [-0.2, 0) is 0 Å². The Labute approximate surface area is 187 Å². The molecule has 0 fully saturated rings. The van der Waals surface area contributed by atoms with Crippen LogP contribution in [0.5, 0.6) is 23.0 Å². The summed E-state index contributed by atoms with van der Waals surface area (Å²) < 4.78 is 17.1. The molecule has 1 atom stereocenters. The predicted octanol–water partition coefficient (Wildman–Crippen LogP) is 7.72. The van der Waals surface area contributed by atoms with Gasteiger partial charge in [-0.05, 0) is 67.4 Å². The second-order valence-electron chi connectivity index (χ2n) is 6.66. The van der Waals surface area contributed by atoms with E-state index in [1.807, 2.05) is 55.5 Å². The largest absolute Gasteiger partial charge is 0.493 e. The highest BCUT2D eigenvalue weighted by molar-refractivity contribution is 6.32. The molecular formula is C24H23Cl2NO3. The molecule has 0 saturated carbocycles. The molecule has 0 radical (unpaired) electrons. The first-order chi connectivity index (χ1) is 14.5. The summed E-state index contributed by atoms with van der Waals surface area (Å²) >= 11 is 12.5. The second kappa shape index (κ2) is 10.4. The number of hydrogen-bond acceptors (Lipinski definition) is 4. The molecule has 0 heterocycles. The van der Waals surface area contributed by atoms with Crippen molar-refractivity contribution in [3.05, 3.63) is 76.3 Å². The number of methoxy groups -OCH3 is 1. The Morgan fingerprint density at radius 1 is 0.967 bits per heavy atom. The molecule has 0 unspecified atom stereocenters. The van der Waals surface area contributed by atoms with E-state index < -0.39 is 0 Å². The van der Waals surface area contributed by atoms with E-state index in [0.29, 0.717) is 33.0 Å². The summed E-state index contributed by atoms with van der Waals surface area (Å²) in [5, 5.41) is 1.05. The first-order valence-corrected chi connectivity index (χ1v) is 10.4. The minimum atomic E-state index is 0.0439. The summed E-state index contributed by atoms with van der Waals surface area (Å²) in [5.41, 5.74) is 1.58. The van der Waals surface area contributed by atoms with Crippen LogP contribution in [0.1, 0.15) is 25.8 Å². The first-order valence-electron chi connectivity index (χ1n) is 9.61. The average molecular weight is 444 g/mol. The average Bonchev–Trinajstić information content (AvgIpc) is 2.76. The van der Waals surface area contributed by atoms with E-state index in [1.54, 1.807) is 25.5 Å². The molecule has 0 aliphatic carbocycles. The molecule has 30 heavy (non-hydrogen) atoms. The van der Waals surface area contributed by atoms with E-state index in [1.165, 1.54) is 0 Å². The SMILES string of the molecule is CC[C@@H](C)Oc1c(Cl)cc(C=Nc2ccc(Oc3ccccc3Cl)cc2)cc1OC. The van der Waals surface area contributed by atoms with Crippen LogP contribution < -0.4 is 14.2 Å². The van der Waals surface area contributed by atoms with Crippen molar-refractivity contribution in [3.8, 4) is 23.0 Å². The minimum Gasteiger partial charge on any atom is -0.493 e. The Balaban J connectivity index is 1.74. The highest BCUT2D eigenvalue weighted by atomic mass is 35.5. The molecular weight excluding hydrogens is 421 g/mol. The van der Waals surface area contributed by atoms with Gasteiger partial charge >= 0.3 is 0 Å². The van der Waals surface area contributed by atoms with Gasteiger partial charge < -0.3 is 14.2 Å². The van der Waals surface area contributed by atoms with Gasteiger partial charge in [0.05, 0.1) is 28.9 Å². The molecule has 3 rings (SSSR count). The Bertz CT molecular complexity index is 1020. The number of rotatable bonds is 8. The molecule has 0 aliphatic rings. The molecule has 0 bridgehead atoms. The molecule has 3 aromatic carbocycles. The highest BCUT2D eigenvalue weighted by Crippen LogP contribution is 2.37. The third-order valence-electron chi connectivity index (χ3n) is 4.41. The van der Waals surface area contributed by atoms with Crippen LogP contribution in [0.3, 0.4) is 0 Å². The van der Waals surface area contributed by atoms with Gasteiger partial charge in [-0.1, -0.05) is 42.3 Å². The van der Waals surface area contributed by atoms with Crippen LogP contribution in [0, 0.1) is 0 Å². The fraction of sp³-hybridized carbons (Fsp3) is 0.208. The van der Waals surface area contributed by atoms with Crippen LogP contribution in [0.4, 0.5) is 5.69 Å². The smallest absolute Gasteiger partial charge is 0.180 e. The fourth-order valence-corrected chi connectivity index (χ4v) is 3.05. The van der Waals surface area contributed by atoms with E-state index in [0.717, 1.165) is 17.7 Å². The van der Waals surface area contributed by atoms with E-state index >= 15 is 0 Å². The number of halogens is 2. The van der Waals surface area contributed by atoms with Gasteiger partial charge in [-0.2, -0.15) is 0 Å². The zero-order valence-electron chi connectivity index (χ0n) is 17.1. The van der Waals surface area contributed by atoms with Gasteiger partial charge in [0.15, 0.2) is 11.5 Å². The molecule has 3 aromatic rings. The van der Waals surface area contributed by atoms with Crippen molar-refractivity contribution in [1.29, 1.82) is 0 Å². The summed E-state index contributed by atoms with van der Waals surface area (Å²) in [6.45, 7) is 4.04. The molecule has 0 aliphatic heterocycles. The molecule has 156 valence electrons. The third kappa shape index (κ3) is 5.68. The lowest BCUT2D eigenvalue weighted by Gasteiger charge is -2.17. The molecule has 0 aromatic heterocycles. The molecule has 6 heteroatoms. The summed E-state index contributed by atoms with van der Waals surface area (Å²) in [6, 6.07) is 18.4. The number of hydrogen-bond donors (Lipinski definition) is 0. The second-order valence-corrected chi connectivity index (χ2v) is 7.47. The molecule has 4 nitrogen and oxygen atoms in total. The van der Waals surface area contributed by atoms with E-state index in [9.17, 15) is 0 Å². The predicted molar refractivity (Wildman–Crippen MR) is 124 cm³/mol. The summed E-state index contributed by atoms with van der Waals surface area (Å²) in [4.78, 5) is 4.50. The van der Waals surface area contributed by atoms with Crippen molar-refractivity contribution >= 4 is 35.1 Å². The summed E-state index contributed by atoms with van der Waals surface area (Å²) in [6.07, 6.45) is 2.65. The lowest BCUT2D eigenvalue weighted by Crippen LogP contribution is -2.11. The number of ether oxygens (including phenoxy) is 3. The molecule has 0 saturated heterocycles. The van der Waals surface area contributed by atoms with Gasteiger partial charge in [-0.3, -0.25) is 4.99 Å². The highest BCUT2D eigenvalue weighted by Gasteiger charge is 2.14. The zero-order chi connectivity index (χ0) is 21.5. The lowest BCUT2D eigenvalue weighted by atomic mass is 10.2. The van der Waals surface area contributed by atoms with Gasteiger partial charge in [0.1, 0.15) is 11.5 Å². The van der Waals surface area contributed by atoms with Crippen LogP contribution in [0.2, 0.25) is 10.0 Å². The Kier molecular flexibility index (Phi) is 7.61. The number of benzene rings is 3. The van der Waals surface area contributed by atoms with Gasteiger partial charge in [-0.15, -0.1) is 0 Å². The fourth-order valence-electron chi connectivity index (χ4n) is 2.62. The van der Waals surface area contributed by atoms with Gasteiger partial charge in [0.2, 0.25) is 0 Å². The van der Waals surface area contributed by atoms with Crippen LogP contribution in [-0.4, -0.2) is 19.4 Å². The van der Waals surface area contributed by atoms with Crippen molar-refractivity contribution < 1.29 is 14.2 Å². The number of nitrogens with zero attached hydrogens (tertiary/aromatic N) is 1. The maximum atomic E-state index is 6.41. The molecule has 0 amide bonds. The van der Waals surface area contributed by atoms with Crippen molar-refractivity contribution in [2.75, 3.05) is 7.11 Å². The Hall–Kier alpha value is -2.69. The van der Waals surface area contributed by atoms with E-state index in [2.05, 4.69) is 11.9 Å². The first kappa shape index (κ1) is 22.0.